The van der Waals surface area contributed by atoms with E-state index in [0.717, 1.165) is 41.1 Å². The molecule has 0 spiro atoms. The summed E-state index contributed by atoms with van der Waals surface area (Å²) in [5.41, 5.74) is 7.28. The van der Waals surface area contributed by atoms with E-state index in [1.54, 1.807) is 0 Å². The maximum absolute atomic E-state index is 6.17. The van der Waals surface area contributed by atoms with Crippen molar-refractivity contribution in [1.29, 1.82) is 0 Å². The highest BCUT2D eigenvalue weighted by Gasteiger charge is 2.23. The molecule has 2 nitrogen and oxygen atoms in total. The lowest BCUT2D eigenvalue weighted by Gasteiger charge is -2.18. The summed E-state index contributed by atoms with van der Waals surface area (Å²) in [6.45, 7) is 1.63. The second-order valence-electron chi connectivity index (χ2n) is 4.23. The van der Waals surface area contributed by atoms with Gasteiger partial charge in [-0.15, -0.1) is 0 Å². The third-order valence-corrected chi connectivity index (χ3v) is 3.89. The molecule has 4 heteroatoms. The summed E-state index contributed by atoms with van der Waals surface area (Å²) >= 11 is 9.56. The second kappa shape index (κ2) is 5.50. The molecule has 0 aliphatic carbocycles. The predicted molar refractivity (Wildman–Crippen MR) is 69.8 cm³/mol. The topological polar surface area (TPSA) is 35.2 Å². The summed E-state index contributed by atoms with van der Waals surface area (Å²) in [4.78, 5) is 0. The number of hydrogen-bond acceptors (Lipinski definition) is 2. The molecule has 2 unspecified atom stereocenters. The van der Waals surface area contributed by atoms with Gasteiger partial charge < -0.3 is 10.5 Å². The molecule has 1 aromatic carbocycles. The molecular weight excluding hydrogens is 289 g/mol. The molecule has 2 atom stereocenters. The lowest BCUT2D eigenvalue weighted by Crippen LogP contribution is -2.32. The average molecular weight is 305 g/mol. The molecule has 16 heavy (non-hydrogen) atoms. The molecule has 1 saturated heterocycles. The van der Waals surface area contributed by atoms with Crippen molar-refractivity contribution in [2.75, 3.05) is 13.2 Å². The maximum atomic E-state index is 6.17. The van der Waals surface area contributed by atoms with Crippen molar-refractivity contribution < 1.29 is 4.74 Å². The van der Waals surface area contributed by atoms with Gasteiger partial charge in [0.25, 0.3) is 0 Å². The van der Waals surface area contributed by atoms with Crippen molar-refractivity contribution in [3.05, 3.63) is 33.3 Å². The van der Waals surface area contributed by atoms with Crippen LogP contribution in [0.3, 0.4) is 0 Å². The van der Waals surface area contributed by atoms with E-state index >= 15 is 0 Å². The Hall–Kier alpha value is -0.0900. The van der Waals surface area contributed by atoms with E-state index in [2.05, 4.69) is 15.9 Å². The van der Waals surface area contributed by atoms with E-state index in [-0.39, 0.29) is 6.04 Å². The Morgan fingerprint density at radius 2 is 2.38 bits per heavy atom. The van der Waals surface area contributed by atoms with Crippen LogP contribution in [-0.4, -0.2) is 19.3 Å². The minimum absolute atomic E-state index is 0.140. The standard InChI is InChI=1S/C12H15BrClNO/c13-10-2-1-8(11(14)6-10)5-12(15)9-3-4-16-7-9/h1-2,6,9,12H,3-5,7,15H2. The highest BCUT2D eigenvalue weighted by Crippen LogP contribution is 2.25. The number of halogens is 2. The molecule has 2 N–H and O–H groups in total. The van der Waals surface area contributed by atoms with Gasteiger partial charge in [0.1, 0.15) is 0 Å². The third kappa shape index (κ3) is 2.98. The molecule has 1 aliphatic rings. The van der Waals surface area contributed by atoms with Gasteiger partial charge in [0, 0.05) is 22.1 Å². The van der Waals surface area contributed by atoms with E-state index in [1.807, 2.05) is 18.2 Å². The fraction of sp³-hybridized carbons (Fsp3) is 0.500. The zero-order chi connectivity index (χ0) is 11.5. The number of nitrogens with two attached hydrogens (primary N) is 1. The van der Waals surface area contributed by atoms with Crippen molar-refractivity contribution >= 4 is 27.5 Å². The van der Waals surface area contributed by atoms with Crippen LogP contribution in [0.2, 0.25) is 5.02 Å². The number of benzene rings is 1. The van der Waals surface area contributed by atoms with Crippen LogP contribution in [0.5, 0.6) is 0 Å². The zero-order valence-corrected chi connectivity index (χ0v) is 11.3. The van der Waals surface area contributed by atoms with Crippen LogP contribution >= 0.6 is 27.5 Å². The van der Waals surface area contributed by atoms with Crippen molar-refractivity contribution in [2.24, 2.45) is 11.7 Å². The normalized spacial score (nSPS) is 22.3. The van der Waals surface area contributed by atoms with E-state index in [1.165, 1.54) is 0 Å². The maximum Gasteiger partial charge on any atom is 0.0510 e. The lowest BCUT2D eigenvalue weighted by molar-refractivity contribution is 0.180. The molecule has 0 amide bonds. The highest BCUT2D eigenvalue weighted by molar-refractivity contribution is 9.10. The van der Waals surface area contributed by atoms with Gasteiger partial charge >= 0.3 is 0 Å². The van der Waals surface area contributed by atoms with Crippen LogP contribution in [0.15, 0.2) is 22.7 Å². The van der Waals surface area contributed by atoms with Crippen LogP contribution in [0.1, 0.15) is 12.0 Å². The Morgan fingerprint density at radius 3 is 3.00 bits per heavy atom. The summed E-state index contributed by atoms with van der Waals surface area (Å²) in [5.74, 6) is 0.472. The monoisotopic (exact) mass is 303 g/mol. The second-order valence-corrected chi connectivity index (χ2v) is 5.55. The fourth-order valence-corrected chi connectivity index (χ4v) is 2.75. The molecule has 0 aromatic heterocycles. The SMILES string of the molecule is NC(Cc1ccc(Br)cc1Cl)C1CCOC1. The Bertz CT molecular complexity index is 366. The van der Waals surface area contributed by atoms with Gasteiger partial charge in [-0.2, -0.15) is 0 Å². The first-order valence-corrected chi connectivity index (χ1v) is 6.61. The molecular formula is C12H15BrClNO. The van der Waals surface area contributed by atoms with Gasteiger partial charge in [0.15, 0.2) is 0 Å². The van der Waals surface area contributed by atoms with Crippen molar-refractivity contribution in [3.8, 4) is 0 Å². The van der Waals surface area contributed by atoms with Crippen LogP contribution in [0, 0.1) is 5.92 Å². The van der Waals surface area contributed by atoms with Crippen LogP contribution in [0.25, 0.3) is 0 Å². The summed E-state index contributed by atoms with van der Waals surface area (Å²) < 4.78 is 6.34. The quantitative estimate of drug-likeness (QED) is 0.931. The minimum Gasteiger partial charge on any atom is -0.381 e. The van der Waals surface area contributed by atoms with Crippen molar-refractivity contribution in [3.63, 3.8) is 0 Å². The smallest absolute Gasteiger partial charge is 0.0510 e. The lowest BCUT2D eigenvalue weighted by atomic mass is 9.94. The van der Waals surface area contributed by atoms with Crippen LogP contribution in [0.4, 0.5) is 0 Å². The Kier molecular flexibility index (Phi) is 4.25. The number of rotatable bonds is 3. The van der Waals surface area contributed by atoms with E-state index < -0.39 is 0 Å². The summed E-state index contributed by atoms with van der Waals surface area (Å²) in [7, 11) is 0. The van der Waals surface area contributed by atoms with Crippen LogP contribution < -0.4 is 5.73 Å². The van der Waals surface area contributed by atoms with Gasteiger partial charge in [-0.1, -0.05) is 33.6 Å². The van der Waals surface area contributed by atoms with Gasteiger partial charge in [-0.25, -0.2) is 0 Å². The summed E-state index contributed by atoms with van der Waals surface area (Å²) in [5, 5.41) is 0.781. The molecule has 1 heterocycles. The first-order valence-electron chi connectivity index (χ1n) is 5.44. The first-order chi connectivity index (χ1) is 7.66. The van der Waals surface area contributed by atoms with E-state index in [0.29, 0.717) is 5.92 Å². The number of hydrogen-bond donors (Lipinski definition) is 1. The third-order valence-electron chi connectivity index (χ3n) is 3.04. The average Bonchev–Trinajstić information content (AvgIpc) is 2.75. The van der Waals surface area contributed by atoms with Crippen molar-refractivity contribution in [2.45, 2.75) is 18.9 Å². The van der Waals surface area contributed by atoms with E-state index in [9.17, 15) is 0 Å². The molecule has 0 bridgehead atoms. The zero-order valence-electron chi connectivity index (χ0n) is 8.96. The van der Waals surface area contributed by atoms with Gasteiger partial charge in [-0.05, 0) is 36.5 Å². The number of ether oxygens (including phenoxy) is 1. The highest BCUT2D eigenvalue weighted by atomic mass is 79.9. The van der Waals surface area contributed by atoms with Crippen LogP contribution in [-0.2, 0) is 11.2 Å². The molecule has 0 saturated carbocycles. The Labute approximate surface area is 109 Å². The minimum atomic E-state index is 0.140. The molecule has 1 aliphatic heterocycles. The molecule has 1 fully saturated rings. The Balaban J connectivity index is 2.02. The fourth-order valence-electron chi connectivity index (χ4n) is 2.00. The van der Waals surface area contributed by atoms with Gasteiger partial charge in [0.2, 0.25) is 0 Å². The van der Waals surface area contributed by atoms with E-state index in [4.69, 9.17) is 22.1 Å². The molecule has 0 radical (unpaired) electrons. The molecule has 1 aromatic rings. The molecule has 88 valence electrons. The summed E-state index contributed by atoms with van der Waals surface area (Å²) in [6.07, 6.45) is 1.88. The predicted octanol–water partition coefficient (Wildman–Crippen LogP) is 3.01. The summed E-state index contributed by atoms with van der Waals surface area (Å²) in [6, 6.07) is 6.08. The van der Waals surface area contributed by atoms with Crippen molar-refractivity contribution in [1.82, 2.24) is 0 Å². The first kappa shape index (κ1) is 12.4. The van der Waals surface area contributed by atoms with Gasteiger partial charge in [-0.3, -0.25) is 0 Å². The van der Waals surface area contributed by atoms with Gasteiger partial charge in [0.05, 0.1) is 6.61 Å². The Morgan fingerprint density at radius 1 is 1.56 bits per heavy atom. The molecule has 2 rings (SSSR count). The largest absolute Gasteiger partial charge is 0.381 e.